The maximum absolute atomic E-state index is 10.3. The van der Waals surface area contributed by atoms with E-state index in [1.165, 1.54) is 22.6 Å². The molecule has 90 valence electrons. The summed E-state index contributed by atoms with van der Waals surface area (Å²) in [6.45, 7) is 4.80. The fraction of sp³-hybridized carbons (Fsp3) is 0.692. The summed E-state index contributed by atoms with van der Waals surface area (Å²) >= 11 is 1.82. The lowest BCUT2D eigenvalue weighted by atomic mass is 10.0. The average Bonchev–Trinajstić information content (AvgIpc) is 2.96. The Morgan fingerprint density at radius 2 is 2.12 bits per heavy atom. The van der Waals surface area contributed by atoms with Gasteiger partial charge in [0, 0.05) is 28.8 Å². The number of thiophene rings is 1. The van der Waals surface area contributed by atoms with E-state index in [0.717, 1.165) is 12.8 Å². The van der Waals surface area contributed by atoms with Crippen LogP contribution in [-0.2, 0) is 12.8 Å². The van der Waals surface area contributed by atoms with Gasteiger partial charge in [-0.3, -0.25) is 0 Å². The first kappa shape index (κ1) is 12.1. The molecular formula is C13H21NOS. The number of aryl methyl sites for hydroxylation is 1. The molecule has 1 aliphatic rings. The fourth-order valence-electron chi connectivity index (χ4n) is 1.80. The van der Waals surface area contributed by atoms with Crippen LogP contribution in [0.5, 0.6) is 0 Å². The van der Waals surface area contributed by atoms with Gasteiger partial charge >= 0.3 is 0 Å². The molecule has 0 bridgehead atoms. The first-order valence-electron chi connectivity index (χ1n) is 6.12. The second-order valence-corrected chi connectivity index (χ2v) is 6.30. The van der Waals surface area contributed by atoms with Gasteiger partial charge in [-0.25, -0.2) is 0 Å². The summed E-state index contributed by atoms with van der Waals surface area (Å²) in [5.74, 6) is 0. The molecule has 1 aromatic heterocycles. The van der Waals surface area contributed by atoms with Crippen LogP contribution in [0, 0.1) is 0 Å². The zero-order valence-electron chi connectivity index (χ0n) is 10.1. The van der Waals surface area contributed by atoms with Crippen molar-refractivity contribution in [2.75, 3.05) is 6.54 Å². The summed E-state index contributed by atoms with van der Waals surface area (Å²) in [7, 11) is 0. The second kappa shape index (κ2) is 4.86. The molecule has 1 atom stereocenters. The predicted molar refractivity (Wildman–Crippen MR) is 69.0 cm³/mol. The lowest BCUT2D eigenvalue weighted by Crippen LogP contribution is -2.40. The molecule has 0 amide bonds. The van der Waals surface area contributed by atoms with Gasteiger partial charge in [-0.2, -0.15) is 0 Å². The van der Waals surface area contributed by atoms with Crippen molar-refractivity contribution in [1.82, 2.24) is 5.32 Å². The molecule has 1 aliphatic carbocycles. The normalized spacial score (nSPS) is 19.7. The topological polar surface area (TPSA) is 32.3 Å². The smallest absolute Gasteiger partial charge is 0.0791 e. The zero-order chi connectivity index (χ0) is 11.6. The van der Waals surface area contributed by atoms with Gasteiger partial charge in [0.2, 0.25) is 0 Å². The van der Waals surface area contributed by atoms with Crippen LogP contribution >= 0.6 is 11.3 Å². The van der Waals surface area contributed by atoms with Crippen molar-refractivity contribution in [2.24, 2.45) is 0 Å². The lowest BCUT2D eigenvalue weighted by molar-refractivity contribution is 0.0605. The van der Waals surface area contributed by atoms with Crippen LogP contribution < -0.4 is 5.32 Å². The van der Waals surface area contributed by atoms with Crippen molar-refractivity contribution in [3.05, 3.63) is 21.9 Å². The van der Waals surface area contributed by atoms with Crippen LogP contribution in [-0.4, -0.2) is 23.3 Å². The van der Waals surface area contributed by atoms with Crippen molar-refractivity contribution < 1.29 is 5.11 Å². The zero-order valence-corrected chi connectivity index (χ0v) is 10.9. The molecule has 0 spiro atoms. The monoisotopic (exact) mass is 239 g/mol. The van der Waals surface area contributed by atoms with Gasteiger partial charge in [-0.05, 0) is 38.3 Å². The van der Waals surface area contributed by atoms with Crippen LogP contribution in [0.3, 0.4) is 0 Å². The van der Waals surface area contributed by atoms with E-state index in [4.69, 9.17) is 0 Å². The Kier molecular flexibility index (Phi) is 3.67. The highest BCUT2D eigenvalue weighted by Crippen LogP contribution is 2.23. The third-order valence-corrected chi connectivity index (χ3v) is 4.20. The van der Waals surface area contributed by atoms with Crippen LogP contribution in [0.2, 0.25) is 0 Å². The molecule has 0 saturated heterocycles. The molecule has 0 aliphatic heterocycles. The van der Waals surface area contributed by atoms with Gasteiger partial charge in [-0.1, -0.05) is 6.92 Å². The lowest BCUT2D eigenvalue weighted by Gasteiger charge is -2.23. The summed E-state index contributed by atoms with van der Waals surface area (Å²) in [4.78, 5) is 2.69. The van der Waals surface area contributed by atoms with Crippen molar-refractivity contribution in [3.8, 4) is 0 Å². The van der Waals surface area contributed by atoms with E-state index in [0.29, 0.717) is 12.6 Å². The quantitative estimate of drug-likeness (QED) is 0.798. The van der Waals surface area contributed by atoms with Gasteiger partial charge in [-0.15, -0.1) is 11.3 Å². The minimum Gasteiger partial charge on any atom is -0.388 e. The Labute approximate surface area is 102 Å². The Bertz CT molecular complexity index is 341. The summed E-state index contributed by atoms with van der Waals surface area (Å²) in [5.41, 5.74) is -0.613. The Hall–Kier alpha value is -0.380. The average molecular weight is 239 g/mol. The molecular weight excluding hydrogens is 218 g/mol. The van der Waals surface area contributed by atoms with Crippen LogP contribution in [0.25, 0.3) is 0 Å². The highest BCUT2D eigenvalue weighted by Gasteiger charge is 2.27. The maximum atomic E-state index is 10.3. The molecule has 1 aromatic rings. The van der Waals surface area contributed by atoms with Gasteiger partial charge in [0.25, 0.3) is 0 Å². The van der Waals surface area contributed by atoms with Gasteiger partial charge in [0.1, 0.15) is 0 Å². The molecule has 16 heavy (non-hydrogen) atoms. The maximum Gasteiger partial charge on any atom is 0.0791 e. The Balaban J connectivity index is 1.85. The molecule has 2 N–H and O–H groups in total. The minimum atomic E-state index is -0.613. The summed E-state index contributed by atoms with van der Waals surface area (Å²) in [6, 6.07) is 4.99. The number of hydrogen-bond acceptors (Lipinski definition) is 3. The third-order valence-electron chi connectivity index (χ3n) is 2.97. The van der Waals surface area contributed by atoms with Gasteiger partial charge in [0.05, 0.1) is 5.60 Å². The highest BCUT2D eigenvalue weighted by molar-refractivity contribution is 7.12. The number of aliphatic hydroxyl groups is 1. The van der Waals surface area contributed by atoms with Crippen LogP contribution in [0.15, 0.2) is 12.1 Å². The summed E-state index contributed by atoms with van der Waals surface area (Å²) < 4.78 is 0. The molecule has 0 aromatic carbocycles. The molecule has 2 nitrogen and oxygen atoms in total. The molecule has 2 rings (SSSR count). The van der Waals surface area contributed by atoms with E-state index < -0.39 is 5.60 Å². The SMILES string of the molecule is CCc1ccc(CC(C)(O)CNC2CC2)s1. The standard InChI is InChI=1S/C13H21NOS/c1-3-11-6-7-12(16-11)8-13(2,15)9-14-10-4-5-10/h6-7,10,14-15H,3-5,8-9H2,1-2H3. The Morgan fingerprint density at radius 3 is 2.69 bits per heavy atom. The molecule has 3 heteroatoms. The van der Waals surface area contributed by atoms with Crippen molar-refractivity contribution >= 4 is 11.3 Å². The number of hydrogen-bond donors (Lipinski definition) is 2. The number of nitrogens with one attached hydrogen (secondary N) is 1. The minimum absolute atomic E-state index is 0.613. The summed E-state index contributed by atoms with van der Waals surface area (Å²) in [5, 5.41) is 13.7. The molecule has 1 unspecified atom stereocenters. The van der Waals surface area contributed by atoms with Crippen molar-refractivity contribution in [3.63, 3.8) is 0 Å². The van der Waals surface area contributed by atoms with Crippen LogP contribution in [0.1, 0.15) is 36.4 Å². The fourth-order valence-corrected chi connectivity index (χ4v) is 2.93. The van der Waals surface area contributed by atoms with E-state index in [-0.39, 0.29) is 0 Å². The number of rotatable bonds is 6. The molecule has 1 fully saturated rings. The molecule has 1 saturated carbocycles. The van der Waals surface area contributed by atoms with Crippen molar-refractivity contribution in [1.29, 1.82) is 0 Å². The first-order chi connectivity index (χ1) is 7.59. The largest absolute Gasteiger partial charge is 0.388 e. The summed E-state index contributed by atoms with van der Waals surface area (Å²) in [6.07, 6.45) is 4.40. The first-order valence-corrected chi connectivity index (χ1v) is 6.94. The predicted octanol–water partition coefficient (Wildman–Crippen LogP) is 2.36. The van der Waals surface area contributed by atoms with E-state index in [9.17, 15) is 5.11 Å². The molecule has 1 heterocycles. The molecule has 0 radical (unpaired) electrons. The van der Waals surface area contributed by atoms with Crippen molar-refractivity contribution in [2.45, 2.75) is 51.2 Å². The Morgan fingerprint density at radius 1 is 1.44 bits per heavy atom. The third kappa shape index (κ3) is 3.58. The van der Waals surface area contributed by atoms with E-state index in [2.05, 4.69) is 24.4 Å². The van der Waals surface area contributed by atoms with Gasteiger partial charge < -0.3 is 10.4 Å². The second-order valence-electron chi connectivity index (χ2n) is 5.05. The highest BCUT2D eigenvalue weighted by atomic mass is 32.1. The van der Waals surface area contributed by atoms with Crippen LogP contribution in [0.4, 0.5) is 0 Å². The van der Waals surface area contributed by atoms with Gasteiger partial charge in [0.15, 0.2) is 0 Å². The van der Waals surface area contributed by atoms with E-state index in [1.807, 2.05) is 18.3 Å². The van der Waals surface area contributed by atoms with E-state index in [1.54, 1.807) is 0 Å². The van der Waals surface area contributed by atoms with E-state index >= 15 is 0 Å².